The molecule has 0 radical (unpaired) electrons. The Hall–Kier alpha value is -2.59. The number of hydrogen-bond donors (Lipinski definition) is 2. The minimum atomic E-state index is -1.17. The van der Waals surface area contributed by atoms with Crippen LogP contribution in [0.2, 0.25) is 0 Å². The van der Waals surface area contributed by atoms with Crippen LogP contribution in [0.3, 0.4) is 0 Å². The number of nitrogens with zero attached hydrogens (tertiary/aromatic N) is 1. The number of aliphatic carboxylic acids is 1. The van der Waals surface area contributed by atoms with Gasteiger partial charge in [0.1, 0.15) is 11.8 Å². The van der Waals surface area contributed by atoms with Gasteiger partial charge in [0.05, 0.1) is 24.0 Å². The van der Waals surface area contributed by atoms with Crippen LogP contribution in [-0.2, 0) is 14.4 Å². The lowest BCUT2D eigenvalue weighted by Gasteiger charge is -2.43. The van der Waals surface area contributed by atoms with Gasteiger partial charge in [-0.15, -0.1) is 11.8 Å². The lowest BCUT2D eigenvalue weighted by Crippen LogP contribution is -2.44. The third-order valence-corrected chi connectivity index (χ3v) is 10.6. The van der Waals surface area contributed by atoms with E-state index >= 15 is 0 Å². The van der Waals surface area contributed by atoms with Gasteiger partial charge in [0.2, 0.25) is 11.8 Å². The fraction of sp³-hybridized carbons (Fsp3) is 0.478. The molecular weight excluding hydrogens is 464 g/mol. The maximum atomic E-state index is 13.3. The van der Waals surface area contributed by atoms with Crippen molar-refractivity contribution in [2.75, 3.05) is 7.11 Å². The molecule has 2 bridgehead atoms. The monoisotopic (exact) mass is 486 g/mol. The summed E-state index contributed by atoms with van der Waals surface area (Å²) in [5.41, 5.74) is 1.05. The van der Waals surface area contributed by atoms with Gasteiger partial charge in [-0.3, -0.25) is 19.3 Å². The Labute approximate surface area is 197 Å². The first-order valence-corrected chi connectivity index (χ1v) is 12.6. The normalized spacial score (nSPS) is 34.7. The minimum absolute atomic E-state index is 0.0188. The molecule has 1 aromatic heterocycles. The maximum absolute atomic E-state index is 13.3. The van der Waals surface area contributed by atoms with Crippen LogP contribution < -0.4 is 9.61 Å². The van der Waals surface area contributed by atoms with Crippen LogP contribution in [0.4, 0.5) is 0 Å². The number of ether oxygens (including phenoxy) is 1. The number of carbonyl (C=O) groups excluding carboxylic acids is 2. The largest absolute Gasteiger partial charge is 0.497 e. The summed E-state index contributed by atoms with van der Waals surface area (Å²) >= 11 is 2.83. The number of thioether (sulfide) groups is 1. The van der Waals surface area contributed by atoms with Crippen LogP contribution in [0.25, 0.3) is 0 Å². The minimum Gasteiger partial charge on any atom is -0.497 e. The molecule has 2 aromatic rings. The molecule has 0 unspecified atom stereocenters. The van der Waals surface area contributed by atoms with Gasteiger partial charge in [0.15, 0.2) is 0 Å². The number of hydrogen-bond acceptors (Lipinski definition) is 7. The third kappa shape index (κ3) is 2.76. The number of likely N-dealkylation sites (tertiary alicyclic amines) is 1. The molecule has 1 saturated heterocycles. The van der Waals surface area contributed by atoms with E-state index in [4.69, 9.17) is 4.74 Å². The van der Waals surface area contributed by atoms with E-state index in [2.05, 4.69) is 4.98 Å². The Morgan fingerprint density at radius 2 is 1.82 bits per heavy atom. The highest BCUT2D eigenvalue weighted by Gasteiger charge is 2.70. The zero-order chi connectivity index (χ0) is 23.2. The van der Waals surface area contributed by atoms with E-state index in [0.717, 1.165) is 32.5 Å². The number of imide groups is 1. The first kappa shape index (κ1) is 21.0. The number of thiazole rings is 1. The van der Waals surface area contributed by atoms with Gasteiger partial charge in [-0.25, -0.2) is 4.79 Å². The molecule has 6 rings (SSSR count). The number of aromatic nitrogens is 1. The summed E-state index contributed by atoms with van der Waals surface area (Å²) in [5, 5.41) is 10.4. The topological polar surface area (TPSA) is 117 Å². The molecule has 172 valence electrons. The smallest absolute Gasteiger partial charge is 0.326 e. The molecule has 4 aliphatic rings. The molecule has 0 spiro atoms. The van der Waals surface area contributed by atoms with Crippen molar-refractivity contribution in [1.82, 2.24) is 9.88 Å². The summed E-state index contributed by atoms with van der Waals surface area (Å²) < 4.78 is 5.31. The van der Waals surface area contributed by atoms with E-state index in [1.165, 1.54) is 18.3 Å². The molecule has 2 N–H and O–H groups in total. The van der Waals surface area contributed by atoms with Crippen molar-refractivity contribution in [1.29, 1.82) is 0 Å². The summed E-state index contributed by atoms with van der Waals surface area (Å²) in [5.74, 6) is -2.11. The molecule has 8 nitrogen and oxygen atoms in total. The number of amides is 2. The average molecular weight is 487 g/mol. The molecule has 3 fully saturated rings. The molecular formula is C23H22N2O6S2. The molecule has 8 atom stereocenters. The van der Waals surface area contributed by atoms with Crippen molar-refractivity contribution in [3.05, 3.63) is 44.4 Å². The predicted molar refractivity (Wildman–Crippen MR) is 120 cm³/mol. The van der Waals surface area contributed by atoms with Gasteiger partial charge in [-0.1, -0.05) is 23.5 Å². The van der Waals surface area contributed by atoms with Gasteiger partial charge >= 0.3 is 10.8 Å². The molecule has 10 heteroatoms. The fourth-order valence-electron chi connectivity index (χ4n) is 6.72. The Kier molecular flexibility index (Phi) is 4.58. The quantitative estimate of drug-likeness (QED) is 0.638. The number of aromatic amines is 1. The Balaban J connectivity index is 1.44. The fourth-order valence-corrected chi connectivity index (χ4v) is 9.61. The Bertz CT molecular complexity index is 1240. The van der Waals surface area contributed by atoms with E-state index in [0.29, 0.717) is 0 Å². The number of benzene rings is 1. The maximum Gasteiger partial charge on any atom is 0.326 e. The highest BCUT2D eigenvalue weighted by molar-refractivity contribution is 8.00. The van der Waals surface area contributed by atoms with E-state index in [1.54, 1.807) is 18.9 Å². The van der Waals surface area contributed by atoms with Crippen LogP contribution in [0, 0.1) is 29.6 Å². The van der Waals surface area contributed by atoms with Gasteiger partial charge in [-0.05, 0) is 48.8 Å². The number of carboxylic acids is 1. The van der Waals surface area contributed by atoms with Crippen LogP contribution in [0.15, 0.2) is 34.1 Å². The van der Waals surface area contributed by atoms with Crippen molar-refractivity contribution in [2.45, 2.75) is 35.6 Å². The van der Waals surface area contributed by atoms with E-state index in [-0.39, 0.29) is 45.6 Å². The highest BCUT2D eigenvalue weighted by atomic mass is 32.2. The number of nitrogens with one attached hydrogen (secondary N) is 1. The van der Waals surface area contributed by atoms with Crippen molar-refractivity contribution in [3.63, 3.8) is 0 Å². The highest BCUT2D eigenvalue weighted by Crippen LogP contribution is 2.68. The lowest BCUT2D eigenvalue weighted by atomic mass is 9.68. The van der Waals surface area contributed by atoms with Crippen LogP contribution in [0.1, 0.15) is 29.7 Å². The molecule has 33 heavy (non-hydrogen) atoms. The summed E-state index contributed by atoms with van der Waals surface area (Å²) in [6.07, 6.45) is 0.774. The van der Waals surface area contributed by atoms with Gasteiger partial charge < -0.3 is 14.8 Å². The summed E-state index contributed by atoms with van der Waals surface area (Å²) in [4.78, 5) is 55.3. The van der Waals surface area contributed by atoms with Gasteiger partial charge in [0.25, 0.3) is 0 Å². The number of carboxylic acid groups (broad SMARTS) is 1. The summed E-state index contributed by atoms with van der Waals surface area (Å²) in [6.45, 7) is 1.39. The zero-order valence-electron chi connectivity index (χ0n) is 17.9. The van der Waals surface area contributed by atoms with Gasteiger partial charge in [0, 0.05) is 16.0 Å². The zero-order valence-corrected chi connectivity index (χ0v) is 19.5. The molecule has 2 saturated carbocycles. The number of H-pyrrole nitrogens is 1. The second-order valence-corrected chi connectivity index (χ2v) is 11.5. The summed E-state index contributed by atoms with van der Waals surface area (Å²) in [7, 11) is 1.61. The first-order valence-electron chi connectivity index (χ1n) is 10.9. The predicted octanol–water partition coefficient (Wildman–Crippen LogP) is 2.39. The Morgan fingerprint density at radius 3 is 2.45 bits per heavy atom. The third-order valence-electron chi connectivity index (χ3n) is 7.98. The average Bonchev–Trinajstić information content (AvgIpc) is 3.52. The molecule has 1 aromatic carbocycles. The van der Waals surface area contributed by atoms with E-state index in [9.17, 15) is 24.3 Å². The van der Waals surface area contributed by atoms with Crippen LogP contribution >= 0.6 is 23.1 Å². The van der Waals surface area contributed by atoms with Crippen LogP contribution in [-0.4, -0.2) is 51.2 Å². The number of carbonyl (C=O) groups is 3. The lowest BCUT2D eigenvalue weighted by molar-refractivity contribution is -0.154. The molecule has 2 amide bonds. The molecule has 3 heterocycles. The van der Waals surface area contributed by atoms with Crippen LogP contribution in [0.5, 0.6) is 5.75 Å². The second-order valence-electron chi connectivity index (χ2n) is 9.29. The summed E-state index contributed by atoms with van der Waals surface area (Å²) in [6, 6.07) is 6.65. The standard InChI is InChI=1S/C23H22N2O6S2/c1-8(22(28)29)25-20(26)15-11-7-12(16(15)21(25)27)17-14(11)13(9-3-5-10(31-2)6-4-9)18-19(32-17)24-23(30)33-18/h3-6,8,11-17H,7H2,1-2H3,(H,24,30)(H,28,29)/t8-,11-,12-,13+,14-,15-,16+,17-/m1/s1. The molecule has 2 aliphatic heterocycles. The molecule has 2 aliphatic carbocycles. The van der Waals surface area contributed by atoms with Crippen molar-refractivity contribution in [3.8, 4) is 5.75 Å². The van der Waals surface area contributed by atoms with E-state index < -0.39 is 23.8 Å². The second kappa shape index (κ2) is 7.20. The number of rotatable bonds is 4. The van der Waals surface area contributed by atoms with Crippen molar-refractivity contribution in [2.24, 2.45) is 29.6 Å². The number of methoxy groups -OCH3 is 1. The first-order chi connectivity index (χ1) is 15.8. The SMILES string of the molecule is COc1ccc([C@@H]2c3sc(=O)[nH]c3S[C@@H]3[C@@H]4C[C@@H]([C@H]5C(=O)N([C@H](C)C(=O)O)C(=O)[C@@H]45)[C@H]23)cc1. The Morgan fingerprint density at radius 1 is 1.15 bits per heavy atom. The number of fused-ring (bicyclic) bond motifs is 9. The van der Waals surface area contributed by atoms with Crippen molar-refractivity contribution >= 4 is 40.9 Å². The van der Waals surface area contributed by atoms with Crippen molar-refractivity contribution < 1.29 is 24.2 Å². The van der Waals surface area contributed by atoms with Gasteiger partial charge in [-0.2, -0.15) is 0 Å². The van der Waals surface area contributed by atoms with E-state index in [1.807, 2.05) is 24.3 Å².